The van der Waals surface area contributed by atoms with Crippen LogP contribution in [0.25, 0.3) is 0 Å². The van der Waals surface area contributed by atoms with Crippen molar-refractivity contribution in [3.05, 3.63) is 29.8 Å². The molecule has 0 amide bonds. The molecular weight excluding hydrogens is 188 g/mol. The normalized spacial score (nSPS) is 18.1. The Morgan fingerprint density at radius 3 is 2.60 bits per heavy atom. The molecule has 0 radical (unpaired) electrons. The van der Waals surface area contributed by atoms with Crippen LogP contribution in [0.15, 0.2) is 24.3 Å². The van der Waals surface area contributed by atoms with Gasteiger partial charge in [-0.1, -0.05) is 32.0 Å². The lowest BCUT2D eigenvalue weighted by Gasteiger charge is -2.36. The predicted octanol–water partition coefficient (Wildman–Crippen LogP) is 3.05. The van der Waals surface area contributed by atoms with Crippen LogP contribution in [0, 0.1) is 0 Å². The third-order valence-electron chi connectivity index (χ3n) is 3.52. The third kappa shape index (κ3) is 1.54. The molecule has 1 aromatic rings. The summed E-state index contributed by atoms with van der Waals surface area (Å²) in [7, 11) is 0. The van der Waals surface area contributed by atoms with Gasteiger partial charge in [0.15, 0.2) is 0 Å². The minimum Gasteiger partial charge on any atom is -0.426 e. The van der Waals surface area contributed by atoms with Crippen LogP contribution in [0.1, 0.15) is 38.7 Å². The first-order valence-corrected chi connectivity index (χ1v) is 5.52. The first-order chi connectivity index (χ1) is 7.22. The van der Waals surface area contributed by atoms with Crippen molar-refractivity contribution in [1.82, 2.24) is 0 Å². The number of rotatable bonds is 2. The number of para-hydroxylation sites is 1. The van der Waals surface area contributed by atoms with Crippen molar-refractivity contribution in [2.75, 3.05) is 0 Å². The number of hydrogen-bond acceptors (Lipinski definition) is 2. The lowest BCUT2D eigenvalue weighted by molar-refractivity contribution is -0.137. The van der Waals surface area contributed by atoms with Crippen molar-refractivity contribution in [2.24, 2.45) is 0 Å². The molecule has 1 aliphatic heterocycles. The van der Waals surface area contributed by atoms with Crippen molar-refractivity contribution < 1.29 is 9.53 Å². The van der Waals surface area contributed by atoms with Gasteiger partial charge in [-0.05, 0) is 18.9 Å². The number of carbonyl (C=O) groups excluding carboxylic acids is 1. The first kappa shape index (κ1) is 10.2. The maximum atomic E-state index is 11.5. The van der Waals surface area contributed by atoms with Gasteiger partial charge in [0.1, 0.15) is 5.75 Å². The fraction of sp³-hybridized carbons (Fsp3) is 0.462. The Kier molecular flexibility index (Phi) is 2.51. The highest BCUT2D eigenvalue weighted by Gasteiger charge is 2.38. The molecule has 2 nitrogen and oxygen atoms in total. The maximum absolute atomic E-state index is 11.5. The Morgan fingerprint density at radius 1 is 1.27 bits per heavy atom. The molecule has 15 heavy (non-hydrogen) atoms. The average Bonchev–Trinajstić information content (AvgIpc) is 2.27. The topological polar surface area (TPSA) is 26.3 Å². The highest BCUT2D eigenvalue weighted by molar-refractivity contribution is 5.77. The largest absolute Gasteiger partial charge is 0.426 e. The number of esters is 1. The fourth-order valence-electron chi connectivity index (χ4n) is 2.40. The Morgan fingerprint density at radius 2 is 1.93 bits per heavy atom. The summed E-state index contributed by atoms with van der Waals surface area (Å²) in [4.78, 5) is 11.5. The van der Waals surface area contributed by atoms with E-state index in [9.17, 15) is 4.79 Å². The predicted molar refractivity (Wildman–Crippen MR) is 59.0 cm³/mol. The fourth-order valence-corrected chi connectivity index (χ4v) is 2.40. The van der Waals surface area contributed by atoms with Gasteiger partial charge in [-0.25, -0.2) is 0 Å². The van der Waals surface area contributed by atoms with E-state index in [4.69, 9.17) is 4.74 Å². The molecule has 0 bridgehead atoms. The van der Waals surface area contributed by atoms with Gasteiger partial charge >= 0.3 is 5.97 Å². The number of fused-ring (bicyclic) bond motifs is 1. The molecule has 80 valence electrons. The molecule has 0 aliphatic carbocycles. The van der Waals surface area contributed by atoms with Crippen molar-refractivity contribution in [3.63, 3.8) is 0 Å². The molecule has 0 N–H and O–H groups in total. The minimum atomic E-state index is -0.0996. The Hall–Kier alpha value is -1.31. The molecule has 1 aliphatic rings. The van der Waals surface area contributed by atoms with Crippen molar-refractivity contribution >= 4 is 5.97 Å². The second kappa shape index (κ2) is 3.69. The summed E-state index contributed by atoms with van der Waals surface area (Å²) in [6.07, 6.45) is 2.47. The van der Waals surface area contributed by atoms with Crippen LogP contribution in [0.4, 0.5) is 0 Å². The van der Waals surface area contributed by atoms with Crippen molar-refractivity contribution in [2.45, 2.75) is 38.5 Å². The summed E-state index contributed by atoms with van der Waals surface area (Å²) >= 11 is 0. The minimum absolute atomic E-state index is 0.00801. The van der Waals surface area contributed by atoms with E-state index in [1.165, 1.54) is 5.56 Å². The van der Waals surface area contributed by atoms with Crippen LogP contribution in [0.5, 0.6) is 5.75 Å². The summed E-state index contributed by atoms with van der Waals surface area (Å²) in [6, 6.07) is 7.88. The van der Waals surface area contributed by atoms with Crippen LogP contribution in [0.3, 0.4) is 0 Å². The smallest absolute Gasteiger partial charge is 0.312 e. The van der Waals surface area contributed by atoms with E-state index >= 15 is 0 Å². The van der Waals surface area contributed by atoms with E-state index in [0.29, 0.717) is 6.42 Å². The van der Waals surface area contributed by atoms with E-state index in [0.717, 1.165) is 18.6 Å². The van der Waals surface area contributed by atoms with Crippen LogP contribution in [-0.4, -0.2) is 5.97 Å². The molecule has 0 atom stereocenters. The second-order valence-corrected chi connectivity index (χ2v) is 4.13. The average molecular weight is 204 g/mol. The summed E-state index contributed by atoms with van der Waals surface area (Å²) in [5.74, 6) is 0.648. The molecular formula is C13H16O2. The van der Waals surface area contributed by atoms with E-state index in [1.54, 1.807) is 0 Å². The highest BCUT2D eigenvalue weighted by Crippen LogP contribution is 2.43. The summed E-state index contributed by atoms with van der Waals surface area (Å²) in [5, 5.41) is 0. The first-order valence-electron chi connectivity index (χ1n) is 5.52. The summed E-state index contributed by atoms with van der Waals surface area (Å²) in [6.45, 7) is 4.28. The Bertz CT molecular complexity index is 378. The van der Waals surface area contributed by atoms with Crippen molar-refractivity contribution in [1.29, 1.82) is 0 Å². The standard InChI is InChI=1S/C13H16O2/c1-3-13(4-2)9-12(14)15-11-8-6-5-7-10(11)13/h5-8H,3-4,9H2,1-2H3. The molecule has 0 saturated heterocycles. The van der Waals surface area contributed by atoms with Gasteiger partial charge in [0, 0.05) is 11.0 Å². The Balaban J connectivity index is 2.55. The van der Waals surface area contributed by atoms with Gasteiger partial charge in [0.2, 0.25) is 0 Å². The number of carbonyl (C=O) groups is 1. The second-order valence-electron chi connectivity index (χ2n) is 4.13. The number of hydrogen-bond donors (Lipinski definition) is 0. The zero-order chi connectivity index (χ0) is 10.9. The van der Waals surface area contributed by atoms with Gasteiger partial charge in [-0.3, -0.25) is 4.79 Å². The van der Waals surface area contributed by atoms with Gasteiger partial charge in [0.25, 0.3) is 0 Å². The molecule has 0 fully saturated rings. The van der Waals surface area contributed by atoms with Gasteiger partial charge in [-0.15, -0.1) is 0 Å². The lowest BCUT2D eigenvalue weighted by atomic mass is 9.72. The Labute approximate surface area is 90.3 Å². The molecule has 1 aromatic carbocycles. The molecule has 0 unspecified atom stereocenters. The van der Waals surface area contributed by atoms with E-state index in [1.807, 2.05) is 18.2 Å². The van der Waals surface area contributed by atoms with Crippen molar-refractivity contribution in [3.8, 4) is 5.75 Å². The zero-order valence-electron chi connectivity index (χ0n) is 9.25. The van der Waals surface area contributed by atoms with Gasteiger partial charge in [0.05, 0.1) is 6.42 Å². The lowest BCUT2D eigenvalue weighted by Crippen LogP contribution is -2.34. The zero-order valence-corrected chi connectivity index (χ0v) is 9.25. The molecule has 0 aromatic heterocycles. The quantitative estimate of drug-likeness (QED) is 0.546. The highest BCUT2D eigenvalue weighted by atomic mass is 16.5. The molecule has 1 heterocycles. The van der Waals surface area contributed by atoms with Gasteiger partial charge in [-0.2, -0.15) is 0 Å². The maximum Gasteiger partial charge on any atom is 0.312 e. The van der Waals surface area contributed by atoms with E-state index in [-0.39, 0.29) is 11.4 Å². The number of benzene rings is 1. The monoisotopic (exact) mass is 204 g/mol. The van der Waals surface area contributed by atoms with E-state index < -0.39 is 0 Å². The summed E-state index contributed by atoms with van der Waals surface area (Å²) in [5.41, 5.74) is 1.18. The molecule has 2 heteroatoms. The van der Waals surface area contributed by atoms with E-state index in [2.05, 4.69) is 19.9 Å². The SMILES string of the molecule is CCC1(CC)CC(=O)Oc2ccccc21. The molecule has 2 rings (SSSR count). The third-order valence-corrected chi connectivity index (χ3v) is 3.52. The van der Waals surface area contributed by atoms with Crippen LogP contribution in [0.2, 0.25) is 0 Å². The van der Waals surface area contributed by atoms with Crippen LogP contribution in [-0.2, 0) is 10.2 Å². The summed E-state index contributed by atoms with van der Waals surface area (Å²) < 4.78 is 5.25. The molecule has 0 saturated carbocycles. The molecule has 0 spiro atoms. The van der Waals surface area contributed by atoms with Crippen LogP contribution >= 0.6 is 0 Å². The van der Waals surface area contributed by atoms with Crippen LogP contribution < -0.4 is 4.74 Å². The van der Waals surface area contributed by atoms with Gasteiger partial charge < -0.3 is 4.74 Å². The number of ether oxygens (including phenoxy) is 1.